The van der Waals surface area contributed by atoms with Gasteiger partial charge in [0.15, 0.2) is 5.96 Å². The van der Waals surface area contributed by atoms with Crippen LogP contribution in [0.1, 0.15) is 44.2 Å². The zero-order valence-corrected chi connectivity index (χ0v) is 21.5. The second-order valence-electron chi connectivity index (χ2n) is 8.74. The lowest BCUT2D eigenvalue weighted by atomic mass is 10.0. The predicted molar refractivity (Wildman–Crippen MR) is 139 cm³/mol. The number of carbonyl (C=O) groups excluding carboxylic acids is 3. The monoisotopic (exact) mass is 554 g/mol. The zero-order valence-electron chi connectivity index (χ0n) is 21.5. The fourth-order valence-corrected chi connectivity index (χ4v) is 3.45. The van der Waals surface area contributed by atoms with Crippen LogP contribution in [0.25, 0.3) is 0 Å². The van der Waals surface area contributed by atoms with Crippen molar-refractivity contribution in [2.45, 2.75) is 69.1 Å². The number of hydrogen-bond donors (Lipinski definition) is 10. The third kappa shape index (κ3) is 13.2. The summed E-state index contributed by atoms with van der Waals surface area (Å²) in [5.74, 6) is -5.14. The number of nitrogens with two attached hydrogens (primary N) is 4. The number of aromatic nitrogens is 2. The zero-order chi connectivity index (χ0) is 29.4. The molecule has 1 aromatic rings. The van der Waals surface area contributed by atoms with Crippen LogP contribution in [0.2, 0.25) is 0 Å². The van der Waals surface area contributed by atoms with E-state index in [9.17, 15) is 29.1 Å². The van der Waals surface area contributed by atoms with Gasteiger partial charge in [-0.3, -0.25) is 24.2 Å². The number of aromatic amines is 1. The number of amides is 3. The Bertz CT molecular complexity index is 982. The molecule has 1 heterocycles. The van der Waals surface area contributed by atoms with Crippen molar-refractivity contribution in [3.8, 4) is 0 Å². The summed E-state index contributed by atoms with van der Waals surface area (Å²) in [5, 5.41) is 25.8. The molecule has 3 amide bonds. The molecule has 4 unspecified atom stereocenters. The molecule has 0 aromatic carbocycles. The number of nitrogens with one attached hydrogen (secondary N) is 4. The number of nitrogens with zero attached hydrogens (tertiary/aromatic N) is 2. The Morgan fingerprint density at radius 3 is 2.03 bits per heavy atom. The maximum atomic E-state index is 13.2. The van der Waals surface area contributed by atoms with Crippen LogP contribution in [0.4, 0.5) is 0 Å². The summed E-state index contributed by atoms with van der Waals surface area (Å²) in [5.41, 5.74) is 22.2. The predicted octanol–water partition coefficient (Wildman–Crippen LogP) is -3.52. The number of guanidine groups is 1. The Balaban J connectivity index is 3.05. The van der Waals surface area contributed by atoms with E-state index in [0.29, 0.717) is 25.1 Å². The van der Waals surface area contributed by atoms with Gasteiger partial charge in [-0.15, -0.1) is 0 Å². The second kappa shape index (κ2) is 17.3. The normalized spacial score (nSPS) is 13.8. The molecule has 0 saturated heterocycles. The van der Waals surface area contributed by atoms with E-state index >= 15 is 0 Å². The molecule has 39 heavy (non-hydrogen) atoms. The van der Waals surface area contributed by atoms with Gasteiger partial charge in [0.2, 0.25) is 17.7 Å². The molecule has 4 atom stereocenters. The van der Waals surface area contributed by atoms with Gasteiger partial charge < -0.3 is 54.1 Å². The molecule has 0 aliphatic rings. The summed E-state index contributed by atoms with van der Waals surface area (Å²) in [7, 11) is 0. The second-order valence-corrected chi connectivity index (χ2v) is 8.74. The molecule has 0 aliphatic heterocycles. The number of carboxylic acids is 2. The van der Waals surface area contributed by atoms with Crippen molar-refractivity contribution in [1.82, 2.24) is 25.9 Å². The molecule has 17 heteroatoms. The van der Waals surface area contributed by atoms with Crippen molar-refractivity contribution >= 4 is 35.6 Å². The van der Waals surface area contributed by atoms with Gasteiger partial charge in [-0.1, -0.05) is 0 Å². The van der Waals surface area contributed by atoms with Gasteiger partial charge in [0, 0.05) is 24.9 Å². The van der Waals surface area contributed by atoms with Gasteiger partial charge >= 0.3 is 11.9 Å². The molecular formula is C22H38N10O7. The number of aliphatic imine (C=N–C) groups is 1. The summed E-state index contributed by atoms with van der Waals surface area (Å²) in [6.07, 6.45) is 3.45. The Hall–Kier alpha value is -4.25. The molecule has 1 rings (SSSR count). The van der Waals surface area contributed by atoms with Gasteiger partial charge in [-0.2, -0.15) is 0 Å². The number of aliphatic carboxylic acids is 2. The molecule has 0 radical (unpaired) electrons. The van der Waals surface area contributed by atoms with Crippen LogP contribution in [0.15, 0.2) is 17.5 Å². The van der Waals surface area contributed by atoms with Crippen LogP contribution in [0, 0.1) is 0 Å². The smallest absolute Gasteiger partial charge is 0.326 e. The van der Waals surface area contributed by atoms with E-state index < -0.39 is 60.2 Å². The van der Waals surface area contributed by atoms with E-state index in [1.807, 2.05) is 0 Å². The highest BCUT2D eigenvalue weighted by atomic mass is 16.4. The lowest BCUT2D eigenvalue weighted by Crippen LogP contribution is -2.57. The van der Waals surface area contributed by atoms with Crippen LogP contribution in [-0.4, -0.2) is 93.1 Å². The average Bonchev–Trinajstić information content (AvgIpc) is 3.37. The standard InChI is InChI=1S/C22H38N10O7/c23-6-2-1-4-14(30-18(35)13(24)9-17(33)34)19(36)31-15(5-3-7-28-22(25)26)20(37)32-16(21(38)39)8-12-10-27-11-29-12/h10-11,13-16H,1-9,23-24H2,(H,27,29)(H,30,35)(H,31,36)(H,32,37)(H,33,34)(H,38,39)(H4,25,26,28). The maximum Gasteiger partial charge on any atom is 0.326 e. The van der Waals surface area contributed by atoms with E-state index in [0.717, 1.165) is 0 Å². The van der Waals surface area contributed by atoms with Gasteiger partial charge in [-0.25, -0.2) is 9.78 Å². The van der Waals surface area contributed by atoms with Crippen molar-refractivity contribution in [3.05, 3.63) is 18.2 Å². The van der Waals surface area contributed by atoms with Gasteiger partial charge in [0.05, 0.1) is 18.8 Å². The maximum absolute atomic E-state index is 13.2. The molecule has 0 bridgehead atoms. The molecule has 1 aromatic heterocycles. The molecule has 0 saturated carbocycles. The first kappa shape index (κ1) is 32.8. The Morgan fingerprint density at radius 1 is 0.923 bits per heavy atom. The van der Waals surface area contributed by atoms with Crippen LogP contribution >= 0.6 is 0 Å². The van der Waals surface area contributed by atoms with Crippen LogP contribution in [0.3, 0.4) is 0 Å². The van der Waals surface area contributed by atoms with Crippen LogP contribution in [-0.2, 0) is 30.4 Å². The fourth-order valence-electron chi connectivity index (χ4n) is 3.45. The third-order valence-corrected chi connectivity index (χ3v) is 5.48. The quantitative estimate of drug-likeness (QED) is 0.0452. The summed E-state index contributed by atoms with van der Waals surface area (Å²) >= 11 is 0. The molecular weight excluding hydrogens is 516 g/mol. The fraction of sp³-hybridized carbons (Fsp3) is 0.591. The van der Waals surface area contributed by atoms with E-state index in [4.69, 9.17) is 28.0 Å². The minimum absolute atomic E-state index is 0.0345. The SMILES string of the molecule is NCCCCC(NC(=O)C(N)CC(=O)O)C(=O)NC(CCCN=C(N)N)C(=O)NC(Cc1cnc[nH]1)C(=O)O. The van der Waals surface area contributed by atoms with Crippen molar-refractivity contribution in [2.24, 2.45) is 27.9 Å². The summed E-state index contributed by atoms with van der Waals surface area (Å²) < 4.78 is 0. The first-order valence-corrected chi connectivity index (χ1v) is 12.3. The third-order valence-electron chi connectivity index (χ3n) is 5.48. The molecule has 0 fully saturated rings. The number of carbonyl (C=O) groups is 5. The lowest BCUT2D eigenvalue weighted by Gasteiger charge is -2.25. The molecule has 0 spiro atoms. The number of H-pyrrole nitrogens is 1. The van der Waals surface area contributed by atoms with Crippen molar-refractivity contribution < 1.29 is 34.2 Å². The number of hydrogen-bond acceptors (Lipinski definition) is 9. The van der Waals surface area contributed by atoms with E-state index in [1.165, 1.54) is 12.5 Å². The molecule has 0 aliphatic carbocycles. The van der Waals surface area contributed by atoms with E-state index in [1.54, 1.807) is 0 Å². The van der Waals surface area contributed by atoms with Gasteiger partial charge in [-0.05, 0) is 38.6 Å². The highest BCUT2D eigenvalue weighted by Gasteiger charge is 2.30. The summed E-state index contributed by atoms with van der Waals surface area (Å²) in [4.78, 5) is 71.7. The largest absolute Gasteiger partial charge is 0.481 e. The highest BCUT2D eigenvalue weighted by Crippen LogP contribution is 2.07. The topological polar surface area (TPSA) is 307 Å². The van der Waals surface area contributed by atoms with Crippen LogP contribution in [0.5, 0.6) is 0 Å². The Labute approximate surface area is 224 Å². The summed E-state index contributed by atoms with van der Waals surface area (Å²) in [6, 6.07) is -5.09. The van der Waals surface area contributed by atoms with E-state index in [-0.39, 0.29) is 38.2 Å². The first-order valence-electron chi connectivity index (χ1n) is 12.3. The lowest BCUT2D eigenvalue weighted by molar-refractivity contribution is -0.142. The molecule has 218 valence electrons. The number of unbranched alkanes of at least 4 members (excludes halogenated alkanes) is 1. The van der Waals surface area contributed by atoms with Crippen molar-refractivity contribution in [2.75, 3.05) is 13.1 Å². The van der Waals surface area contributed by atoms with Gasteiger partial charge in [0.1, 0.15) is 18.1 Å². The molecule has 17 nitrogen and oxygen atoms in total. The molecule has 14 N–H and O–H groups in total. The van der Waals surface area contributed by atoms with Crippen LogP contribution < -0.4 is 38.9 Å². The Morgan fingerprint density at radius 2 is 1.51 bits per heavy atom. The van der Waals surface area contributed by atoms with Crippen molar-refractivity contribution in [1.29, 1.82) is 0 Å². The first-order chi connectivity index (χ1) is 18.4. The Kier molecular flexibility index (Phi) is 14.5. The minimum Gasteiger partial charge on any atom is -0.481 e. The van der Waals surface area contributed by atoms with Gasteiger partial charge in [0.25, 0.3) is 0 Å². The number of rotatable bonds is 19. The highest BCUT2D eigenvalue weighted by molar-refractivity contribution is 5.94. The van der Waals surface area contributed by atoms with E-state index in [2.05, 4.69) is 30.9 Å². The average molecular weight is 555 g/mol. The summed E-state index contributed by atoms with van der Waals surface area (Å²) in [6.45, 7) is 0.475. The minimum atomic E-state index is -1.40. The number of imidazole rings is 1. The number of carboxylic acid groups (broad SMARTS) is 2. The van der Waals surface area contributed by atoms with Crippen molar-refractivity contribution in [3.63, 3.8) is 0 Å².